The average molecular weight is 298 g/mol. The SMILES string of the molecule is COc1ccc(-c2oc3cccc(OC)c3c(=O)c2O)cc1. The molecule has 1 N–H and O–H groups in total. The highest BCUT2D eigenvalue weighted by molar-refractivity contribution is 5.87. The second kappa shape index (κ2) is 5.44. The molecular weight excluding hydrogens is 284 g/mol. The fourth-order valence-corrected chi connectivity index (χ4v) is 2.31. The lowest BCUT2D eigenvalue weighted by Crippen LogP contribution is -2.04. The Morgan fingerprint density at radius 2 is 1.73 bits per heavy atom. The number of ether oxygens (including phenoxy) is 2. The van der Waals surface area contributed by atoms with Crippen molar-refractivity contribution in [3.8, 4) is 28.6 Å². The zero-order valence-electron chi connectivity index (χ0n) is 12.1. The van der Waals surface area contributed by atoms with Gasteiger partial charge in [0.05, 0.1) is 14.2 Å². The summed E-state index contributed by atoms with van der Waals surface area (Å²) in [7, 11) is 3.03. The van der Waals surface area contributed by atoms with Crippen molar-refractivity contribution in [2.45, 2.75) is 0 Å². The minimum Gasteiger partial charge on any atom is -0.502 e. The first-order valence-electron chi connectivity index (χ1n) is 6.63. The van der Waals surface area contributed by atoms with Gasteiger partial charge in [0.15, 0.2) is 5.76 Å². The van der Waals surface area contributed by atoms with Crippen LogP contribution in [-0.4, -0.2) is 19.3 Å². The molecule has 0 aliphatic carbocycles. The molecule has 0 amide bonds. The summed E-state index contributed by atoms with van der Waals surface area (Å²) in [6.45, 7) is 0. The molecule has 1 aromatic heterocycles. The van der Waals surface area contributed by atoms with Gasteiger partial charge in [-0.25, -0.2) is 0 Å². The molecule has 0 atom stereocenters. The summed E-state index contributed by atoms with van der Waals surface area (Å²) in [6, 6.07) is 11.9. The first kappa shape index (κ1) is 14.0. The predicted molar refractivity (Wildman–Crippen MR) is 82.7 cm³/mol. The molecule has 0 saturated heterocycles. The molecule has 5 heteroatoms. The summed E-state index contributed by atoms with van der Waals surface area (Å²) in [5.41, 5.74) is 0.414. The highest BCUT2D eigenvalue weighted by Crippen LogP contribution is 2.33. The van der Waals surface area contributed by atoms with E-state index in [1.54, 1.807) is 49.6 Å². The molecule has 0 radical (unpaired) electrons. The first-order chi connectivity index (χ1) is 10.7. The van der Waals surface area contributed by atoms with Gasteiger partial charge < -0.3 is 19.0 Å². The van der Waals surface area contributed by atoms with Gasteiger partial charge in [0.1, 0.15) is 22.5 Å². The minimum atomic E-state index is -0.524. The molecule has 3 rings (SSSR count). The predicted octanol–water partition coefficient (Wildman–Crippen LogP) is 3.18. The lowest BCUT2D eigenvalue weighted by molar-refractivity contribution is 0.414. The van der Waals surface area contributed by atoms with Crippen molar-refractivity contribution in [2.75, 3.05) is 14.2 Å². The van der Waals surface area contributed by atoms with E-state index in [9.17, 15) is 9.90 Å². The number of fused-ring (bicyclic) bond motifs is 1. The molecule has 0 saturated carbocycles. The summed E-state index contributed by atoms with van der Waals surface area (Å²) in [5.74, 6) is 0.714. The van der Waals surface area contributed by atoms with Gasteiger partial charge >= 0.3 is 0 Å². The van der Waals surface area contributed by atoms with Gasteiger partial charge in [0, 0.05) is 5.56 Å². The monoisotopic (exact) mass is 298 g/mol. The molecule has 0 bridgehead atoms. The van der Waals surface area contributed by atoms with Gasteiger partial charge in [0.2, 0.25) is 11.2 Å². The Balaban J connectivity index is 2.27. The average Bonchev–Trinajstić information content (AvgIpc) is 2.57. The summed E-state index contributed by atoms with van der Waals surface area (Å²) in [6.07, 6.45) is 0. The first-order valence-corrected chi connectivity index (χ1v) is 6.63. The van der Waals surface area contributed by atoms with Crippen LogP contribution in [0.15, 0.2) is 51.7 Å². The largest absolute Gasteiger partial charge is 0.502 e. The maximum atomic E-state index is 12.4. The standard InChI is InChI=1S/C17H14O5/c1-20-11-8-6-10(7-9-11)17-16(19)15(18)14-12(21-2)4-3-5-13(14)22-17/h3-9,19H,1-2H3. The van der Waals surface area contributed by atoms with Crippen molar-refractivity contribution < 1.29 is 19.0 Å². The molecule has 3 aromatic rings. The van der Waals surface area contributed by atoms with Crippen LogP contribution in [0.3, 0.4) is 0 Å². The van der Waals surface area contributed by atoms with E-state index >= 15 is 0 Å². The maximum absolute atomic E-state index is 12.4. The van der Waals surface area contributed by atoms with E-state index in [-0.39, 0.29) is 11.1 Å². The number of rotatable bonds is 3. The summed E-state index contributed by atoms with van der Waals surface area (Å²) in [4.78, 5) is 12.4. The van der Waals surface area contributed by atoms with E-state index < -0.39 is 11.2 Å². The van der Waals surface area contributed by atoms with E-state index in [0.29, 0.717) is 22.6 Å². The fraction of sp³-hybridized carbons (Fsp3) is 0.118. The Labute approximate surface area is 126 Å². The van der Waals surface area contributed by atoms with Crippen LogP contribution in [0.1, 0.15) is 0 Å². The van der Waals surface area contributed by atoms with E-state index in [1.807, 2.05) is 0 Å². The van der Waals surface area contributed by atoms with Crippen LogP contribution < -0.4 is 14.9 Å². The van der Waals surface area contributed by atoms with E-state index in [1.165, 1.54) is 7.11 Å². The van der Waals surface area contributed by atoms with Gasteiger partial charge in [0.25, 0.3) is 0 Å². The topological polar surface area (TPSA) is 68.9 Å². The zero-order valence-corrected chi connectivity index (χ0v) is 12.1. The zero-order chi connectivity index (χ0) is 15.7. The minimum absolute atomic E-state index is 0.119. The number of aromatic hydroxyl groups is 1. The van der Waals surface area contributed by atoms with Crippen molar-refractivity contribution >= 4 is 11.0 Å². The third-order valence-electron chi connectivity index (χ3n) is 3.43. The van der Waals surface area contributed by atoms with Gasteiger partial charge in [-0.05, 0) is 36.4 Å². The molecular formula is C17H14O5. The molecule has 0 spiro atoms. The highest BCUT2D eigenvalue weighted by Gasteiger charge is 2.17. The van der Waals surface area contributed by atoms with Crippen molar-refractivity contribution in [3.05, 3.63) is 52.7 Å². The quantitative estimate of drug-likeness (QED) is 0.804. The number of hydrogen-bond acceptors (Lipinski definition) is 5. The Morgan fingerprint density at radius 1 is 1.00 bits per heavy atom. The second-order valence-corrected chi connectivity index (χ2v) is 4.67. The van der Waals surface area contributed by atoms with Crippen molar-refractivity contribution in [1.29, 1.82) is 0 Å². The Morgan fingerprint density at radius 3 is 2.36 bits per heavy atom. The maximum Gasteiger partial charge on any atom is 0.238 e. The van der Waals surface area contributed by atoms with Crippen molar-refractivity contribution in [3.63, 3.8) is 0 Å². The van der Waals surface area contributed by atoms with Gasteiger partial charge in [-0.2, -0.15) is 0 Å². The Kier molecular flexibility index (Phi) is 3.47. The van der Waals surface area contributed by atoms with Crippen LogP contribution >= 0.6 is 0 Å². The van der Waals surface area contributed by atoms with Crippen LogP contribution in [0.5, 0.6) is 17.2 Å². The lowest BCUT2D eigenvalue weighted by Gasteiger charge is -2.09. The molecule has 0 fully saturated rings. The van der Waals surface area contributed by atoms with Crippen molar-refractivity contribution in [2.24, 2.45) is 0 Å². The highest BCUT2D eigenvalue weighted by atomic mass is 16.5. The van der Waals surface area contributed by atoms with Crippen molar-refractivity contribution in [1.82, 2.24) is 0 Å². The van der Waals surface area contributed by atoms with E-state index in [2.05, 4.69) is 0 Å². The number of methoxy groups -OCH3 is 2. The smallest absolute Gasteiger partial charge is 0.238 e. The van der Waals surface area contributed by atoms with Crippen LogP contribution in [0.25, 0.3) is 22.3 Å². The number of benzene rings is 2. The summed E-state index contributed by atoms with van der Waals surface area (Å²) < 4.78 is 15.9. The van der Waals surface area contributed by atoms with Gasteiger partial charge in [-0.1, -0.05) is 6.07 Å². The number of hydrogen-bond donors (Lipinski definition) is 1. The third kappa shape index (κ3) is 2.16. The molecule has 112 valence electrons. The van der Waals surface area contributed by atoms with Gasteiger partial charge in [-0.3, -0.25) is 4.79 Å². The fourth-order valence-electron chi connectivity index (χ4n) is 2.31. The molecule has 0 aliphatic rings. The molecule has 22 heavy (non-hydrogen) atoms. The summed E-state index contributed by atoms with van der Waals surface area (Å²) in [5, 5.41) is 10.4. The molecule has 5 nitrogen and oxygen atoms in total. The van der Waals surface area contributed by atoms with Crippen LogP contribution in [0, 0.1) is 0 Å². The molecule has 2 aromatic carbocycles. The van der Waals surface area contributed by atoms with Gasteiger partial charge in [-0.15, -0.1) is 0 Å². The lowest BCUT2D eigenvalue weighted by atomic mass is 10.1. The third-order valence-corrected chi connectivity index (χ3v) is 3.43. The normalized spacial score (nSPS) is 10.6. The second-order valence-electron chi connectivity index (χ2n) is 4.67. The molecule has 0 unspecified atom stereocenters. The summed E-state index contributed by atoms with van der Waals surface area (Å²) >= 11 is 0. The molecule has 0 aliphatic heterocycles. The van der Waals surface area contributed by atoms with Crippen LogP contribution in [-0.2, 0) is 0 Å². The molecule has 1 heterocycles. The van der Waals surface area contributed by atoms with E-state index in [4.69, 9.17) is 13.9 Å². The van der Waals surface area contributed by atoms with Crippen LogP contribution in [0.2, 0.25) is 0 Å². The Bertz CT molecular complexity index is 878. The Hall–Kier alpha value is -2.95. The van der Waals surface area contributed by atoms with Crippen LogP contribution in [0.4, 0.5) is 0 Å². The van der Waals surface area contributed by atoms with E-state index in [0.717, 1.165) is 0 Å².